The standard InChI is InChI=1S/C17H18Cl2N4O3/c1-10-5-15(22-26-10)21-16(24)9-23-4-2-3-14(23)17(25)20-13-7-11(18)6-12(19)8-13/h5-8,14H,2-4,9H2,1H3,(H,20,25)(H,21,22,24). The summed E-state index contributed by atoms with van der Waals surface area (Å²) in [6.07, 6.45) is 1.52. The smallest absolute Gasteiger partial charge is 0.241 e. The molecule has 1 aromatic carbocycles. The highest BCUT2D eigenvalue weighted by molar-refractivity contribution is 6.35. The molecular weight excluding hydrogens is 379 g/mol. The third-order valence-corrected chi connectivity index (χ3v) is 4.47. The maximum atomic E-state index is 12.6. The number of amides is 2. The van der Waals surface area contributed by atoms with Crippen molar-refractivity contribution >= 4 is 46.5 Å². The fourth-order valence-electron chi connectivity index (χ4n) is 2.96. The zero-order valence-corrected chi connectivity index (χ0v) is 15.6. The number of rotatable bonds is 5. The number of likely N-dealkylation sites (tertiary alicyclic amines) is 1. The van der Waals surface area contributed by atoms with Crippen LogP contribution in [0.5, 0.6) is 0 Å². The molecule has 3 rings (SSSR count). The predicted molar refractivity (Wildman–Crippen MR) is 99.6 cm³/mol. The van der Waals surface area contributed by atoms with Crippen LogP contribution in [0.3, 0.4) is 0 Å². The summed E-state index contributed by atoms with van der Waals surface area (Å²) in [5.41, 5.74) is 0.530. The minimum atomic E-state index is -0.391. The second kappa shape index (κ2) is 8.07. The van der Waals surface area contributed by atoms with Gasteiger partial charge in [0.25, 0.3) is 0 Å². The number of aromatic nitrogens is 1. The summed E-state index contributed by atoms with van der Waals surface area (Å²) in [6, 6.07) is 6.09. The van der Waals surface area contributed by atoms with E-state index in [0.29, 0.717) is 40.3 Å². The summed E-state index contributed by atoms with van der Waals surface area (Å²) in [4.78, 5) is 26.6. The molecule has 138 valence electrons. The first kappa shape index (κ1) is 18.7. The molecule has 9 heteroatoms. The summed E-state index contributed by atoms with van der Waals surface area (Å²) in [5, 5.41) is 10.1. The second-order valence-electron chi connectivity index (χ2n) is 6.15. The van der Waals surface area contributed by atoms with Crippen LogP contribution in [0.1, 0.15) is 18.6 Å². The lowest BCUT2D eigenvalue weighted by Crippen LogP contribution is -2.43. The average Bonchev–Trinajstić information content (AvgIpc) is 3.15. The second-order valence-corrected chi connectivity index (χ2v) is 7.02. The maximum Gasteiger partial charge on any atom is 0.241 e. The van der Waals surface area contributed by atoms with E-state index in [0.717, 1.165) is 6.42 Å². The van der Waals surface area contributed by atoms with Crippen LogP contribution in [0, 0.1) is 6.92 Å². The Morgan fingerprint density at radius 1 is 1.23 bits per heavy atom. The van der Waals surface area contributed by atoms with Gasteiger partial charge in [-0.25, -0.2) is 0 Å². The van der Waals surface area contributed by atoms with E-state index in [-0.39, 0.29) is 18.4 Å². The van der Waals surface area contributed by atoms with Crippen LogP contribution in [0.25, 0.3) is 0 Å². The fourth-order valence-corrected chi connectivity index (χ4v) is 3.48. The van der Waals surface area contributed by atoms with Crippen LogP contribution in [0.15, 0.2) is 28.8 Å². The van der Waals surface area contributed by atoms with Crippen LogP contribution in [-0.2, 0) is 9.59 Å². The van der Waals surface area contributed by atoms with Gasteiger partial charge in [0.1, 0.15) is 5.76 Å². The minimum Gasteiger partial charge on any atom is -0.360 e. The SMILES string of the molecule is Cc1cc(NC(=O)CN2CCCC2C(=O)Nc2cc(Cl)cc(Cl)c2)no1. The van der Waals surface area contributed by atoms with Crippen molar-refractivity contribution in [2.45, 2.75) is 25.8 Å². The third kappa shape index (κ3) is 4.75. The van der Waals surface area contributed by atoms with Crippen molar-refractivity contribution in [3.8, 4) is 0 Å². The lowest BCUT2D eigenvalue weighted by atomic mass is 10.2. The summed E-state index contributed by atoms with van der Waals surface area (Å²) in [5.74, 6) is 0.537. The van der Waals surface area contributed by atoms with Gasteiger partial charge in [-0.05, 0) is 44.5 Å². The van der Waals surface area contributed by atoms with Crippen LogP contribution in [0.2, 0.25) is 10.0 Å². The van der Waals surface area contributed by atoms with E-state index >= 15 is 0 Å². The molecule has 1 aromatic heterocycles. The van der Waals surface area contributed by atoms with Gasteiger partial charge in [-0.2, -0.15) is 0 Å². The van der Waals surface area contributed by atoms with Crippen molar-refractivity contribution in [2.75, 3.05) is 23.7 Å². The Labute approximate surface area is 160 Å². The molecule has 1 aliphatic rings. The highest BCUT2D eigenvalue weighted by atomic mass is 35.5. The molecule has 26 heavy (non-hydrogen) atoms. The summed E-state index contributed by atoms with van der Waals surface area (Å²) < 4.78 is 4.92. The number of nitrogens with one attached hydrogen (secondary N) is 2. The lowest BCUT2D eigenvalue weighted by Gasteiger charge is -2.23. The fraction of sp³-hybridized carbons (Fsp3) is 0.353. The quantitative estimate of drug-likeness (QED) is 0.808. The van der Waals surface area contributed by atoms with E-state index in [2.05, 4.69) is 15.8 Å². The molecule has 2 amide bonds. The van der Waals surface area contributed by atoms with Crippen LogP contribution in [0.4, 0.5) is 11.5 Å². The van der Waals surface area contributed by atoms with E-state index in [1.54, 1.807) is 31.2 Å². The summed E-state index contributed by atoms with van der Waals surface area (Å²) in [6.45, 7) is 2.51. The molecule has 2 N–H and O–H groups in total. The first-order valence-corrected chi connectivity index (χ1v) is 8.90. The number of carbonyl (C=O) groups excluding carboxylic acids is 2. The minimum absolute atomic E-state index is 0.0975. The molecule has 2 heterocycles. The first-order valence-electron chi connectivity index (χ1n) is 8.15. The lowest BCUT2D eigenvalue weighted by molar-refractivity contribution is -0.122. The van der Waals surface area contributed by atoms with E-state index in [1.807, 2.05) is 4.90 Å². The Morgan fingerprint density at radius 3 is 2.62 bits per heavy atom. The van der Waals surface area contributed by atoms with Crippen molar-refractivity contribution in [1.29, 1.82) is 0 Å². The number of anilines is 2. The molecule has 0 saturated carbocycles. The summed E-state index contributed by atoms with van der Waals surface area (Å²) in [7, 11) is 0. The van der Waals surface area contributed by atoms with Gasteiger partial charge in [-0.1, -0.05) is 28.4 Å². The van der Waals surface area contributed by atoms with Gasteiger partial charge in [0, 0.05) is 21.8 Å². The van der Waals surface area contributed by atoms with Crippen molar-refractivity contribution in [2.24, 2.45) is 0 Å². The Balaban J connectivity index is 1.60. The molecular formula is C17H18Cl2N4O3. The van der Waals surface area contributed by atoms with Gasteiger partial charge in [0.05, 0.1) is 12.6 Å². The first-order chi connectivity index (χ1) is 12.4. The van der Waals surface area contributed by atoms with Gasteiger partial charge in [-0.15, -0.1) is 0 Å². The molecule has 1 atom stereocenters. The van der Waals surface area contributed by atoms with Crippen LogP contribution >= 0.6 is 23.2 Å². The third-order valence-electron chi connectivity index (χ3n) is 4.04. The topological polar surface area (TPSA) is 87.5 Å². The number of aryl methyl sites for hydroxylation is 1. The number of carbonyl (C=O) groups is 2. The Kier molecular flexibility index (Phi) is 5.80. The Hall–Kier alpha value is -2.09. The van der Waals surface area contributed by atoms with Crippen LogP contribution < -0.4 is 10.6 Å². The highest BCUT2D eigenvalue weighted by Gasteiger charge is 2.32. The van der Waals surface area contributed by atoms with Crippen LogP contribution in [-0.4, -0.2) is 41.0 Å². The predicted octanol–water partition coefficient (Wildman–Crippen LogP) is 3.33. The van der Waals surface area contributed by atoms with Crippen molar-refractivity contribution in [1.82, 2.24) is 10.1 Å². The number of nitrogens with zero attached hydrogens (tertiary/aromatic N) is 2. The van der Waals surface area contributed by atoms with E-state index in [1.165, 1.54) is 0 Å². The number of hydrogen-bond donors (Lipinski definition) is 2. The van der Waals surface area contributed by atoms with Gasteiger partial charge in [0.15, 0.2) is 5.82 Å². The monoisotopic (exact) mass is 396 g/mol. The molecule has 0 spiro atoms. The van der Waals surface area contributed by atoms with Crippen molar-refractivity contribution in [3.05, 3.63) is 40.1 Å². The molecule has 0 radical (unpaired) electrons. The highest BCUT2D eigenvalue weighted by Crippen LogP contribution is 2.24. The average molecular weight is 397 g/mol. The molecule has 2 aromatic rings. The summed E-state index contributed by atoms with van der Waals surface area (Å²) >= 11 is 11.9. The van der Waals surface area contributed by atoms with E-state index < -0.39 is 6.04 Å². The molecule has 0 bridgehead atoms. The van der Waals surface area contributed by atoms with Gasteiger partial charge < -0.3 is 15.2 Å². The number of hydrogen-bond acceptors (Lipinski definition) is 5. The number of benzene rings is 1. The zero-order valence-electron chi connectivity index (χ0n) is 14.1. The molecule has 7 nitrogen and oxygen atoms in total. The van der Waals surface area contributed by atoms with Gasteiger partial charge >= 0.3 is 0 Å². The van der Waals surface area contributed by atoms with Gasteiger partial charge in [0.2, 0.25) is 11.8 Å². The number of halogens is 2. The largest absolute Gasteiger partial charge is 0.360 e. The Morgan fingerprint density at radius 2 is 1.96 bits per heavy atom. The van der Waals surface area contributed by atoms with E-state index in [9.17, 15) is 9.59 Å². The molecule has 1 saturated heterocycles. The Bertz CT molecular complexity index is 804. The molecule has 1 fully saturated rings. The zero-order chi connectivity index (χ0) is 18.7. The molecule has 1 unspecified atom stereocenters. The molecule has 0 aliphatic carbocycles. The maximum absolute atomic E-state index is 12.6. The van der Waals surface area contributed by atoms with Gasteiger partial charge in [-0.3, -0.25) is 14.5 Å². The van der Waals surface area contributed by atoms with Crippen molar-refractivity contribution < 1.29 is 14.1 Å². The normalized spacial score (nSPS) is 17.3. The molecule has 1 aliphatic heterocycles. The van der Waals surface area contributed by atoms with E-state index in [4.69, 9.17) is 27.7 Å². The van der Waals surface area contributed by atoms with Crippen molar-refractivity contribution in [3.63, 3.8) is 0 Å².